The van der Waals surface area contributed by atoms with E-state index in [9.17, 15) is 0 Å². The maximum absolute atomic E-state index is 2.78. The molecule has 0 amide bonds. The minimum atomic E-state index is 0.777. The zero-order chi connectivity index (χ0) is 12.4. The van der Waals surface area contributed by atoms with Gasteiger partial charge in [0.05, 0.1) is 0 Å². The number of nitrogens with zero attached hydrogens (tertiary/aromatic N) is 2. The fraction of sp³-hybridized carbons (Fsp3) is 1.00. The first kappa shape index (κ1) is 13.4. The summed E-state index contributed by atoms with van der Waals surface area (Å²) in [5.41, 5.74) is 0. The van der Waals surface area contributed by atoms with E-state index in [-0.39, 0.29) is 0 Å². The molecule has 2 heteroatoms. The Labute approximate surface area is 107 Å². The second kappa shape index (κ2) is 5.71. The van der Waals surface area contributed by atoms with Crippen LogP contribution < -0.4 is 0 Å². The molecule has 4 atom stereocenters. The second-order valence-electron chi connectivity index (χ2n) is 6.59. The van der Waals surface area contributed by atoms with Crippen molar-refractivity contribution in [3.8, 4) is 0 Å². The van der Waals surface area contributed by atoms with Gasteiger partial charge in [0.15, 0.2) is 0 Å². The average molecular weight is 238 g/mol. The molecule has 0 N–H and O–H groups in total. The van der Waals surface area contributed by atoms with Gasteiger partial charge in [-0.05, 0) is 38.0 Å². The Morgan fingerprint density at radius 3 is 2.35 bits per heavy atom. The van der Waals surface area contributed by atoms with E-state index >= 15 is 0 Å². The lowest BCUT2D eigenvalue weighted by Gasteiger charge is -2.39. The van der Waals surface area contributed by atoms with Gasteiger partial charge in [-0.15, -0.1) is 0 Å². The van der Waals surface area contributed by atoms with Gasteiger partial charge in [0.25, 0.3) is 0 Å². The van der Waals surface area contributed by atoms with Crippen LogP contribution >= 0.6 is 0 Å². The van der Waals surface area contributed by atoms with Crippen molar-refractivity contribution in [2.24, 2.45) is 11.8 Å². The molecular formula is C15H30N2. The van der Waals surface area contributed by atoms with E-state index in [4.69, 9.17) is 0 Å². The van der Waals surface area contributed by atoms with Crippen LogP contribution in [0.1, 0.15) is 47.0 Å². The van der Waals surface area contributed by atoms with Crippen molar-refractivity contribution in [3.63, 3.8) is 0 Å². The molecule has 2 nitrogen and oxygen atoms in total. The topological polar surface area (TPSA) is 6.48 Å². The first-order valence-electron chi connectivity index (χ1n) is 7.58. The molecule has 4 unspecified atom stereocenters. The fourth-order valence-electron chi connectivity index (χ4n) is 3.73. The molecule has 0 aromatic heterocycles. The highest BCUT2D eigenvalue weighted by molar-refractivity contribution is 4.88. The smallest absolute Gasteiger partial charge is 0.0235 e. The average Bonchev–Trinajstić information content (AvgIpc) is 2.76. The Morgan fingerprint density at radius 2 is 1.76 bits per heavy atom. The SMILES string of the molecule is CCC(C)N1CCC(N2CC(C)CC(C)C2)C1. The number of hydrogen-bond donors (Lipinski definition) is 0. The van der Waals surface area contributed by atoms with Gasteiger partial charge in [-0.2, -0.15) is 0 Å². The molecule has 0 aliphatic carbocycles. The molecule has 2 aliphatic rings. The van der Waals surface area contributed by atoms with Gasteiger partial charge in [0, 0.05) is 38.3 Å². The van der Waals surface area contributed by atoms with Gasteiger partial charge < -0.3 is 0 Å². The Balaban J connectivity index is 1.87. The van der Waals surface area contributed by atoms with E-state index in [0.29, 0.717) is 0 Å². The summed E-state index contributed by atoms with van der Waals surface area (Å²) in [6, 6.07) is 1.62. The molecule has 0 aromatic rings. The summed E-state index contributed by atoms with van der Waals surface area (Å²) < 4.78 is 0. The zero-order valence-electron chi connectivity index (χ0n) is 12.2. The summed E-state index contributed by atoms with van der Waals surface area (Å²) in [6.07, 6.45) is 4.11. The van der Waals surface area contributed by atoms with E-state index in [1.54, 1.807) is 0 Å². The Morgan fingerprint density at radius 1 is 1.12 bits per heavy atom. The third-order valence-corrected chi connectivity index (χ3v) is 4.82. The predicted octanol–water partition coefficient (Wildman–Crippen LogP) is 2.84. The van der Waals surface area contributed by atoms with Crippen LogP contribution in [0.4, 0.5) is 0 Å². The fourth-order valence-corrected chi connectivity index (χ4v) is 3.73. The van der Waals surface area contributed by atoms with Gasteiger partial charge in [0.1, 0.15) is 0 Å². The third kappa shape index (κ3) is 3.23. The summed E-state index contributed by atoms with van der Waals surface area (Å²) >= 11 is 0. The van der Waals surface area contributed by atoms with Gasteiger partial charge in [-0.1, -0.05) is 20.8 Å². The van der Waals surface area contributed by atoms with Crippen molar-refractivity contribution >= 4 is 0 Å². The zero-order valence-corrected chi connectivity index (χ0v) is 12.2. The number of likely N-dealkylation sites (tertiary alicyclic amines) is 2. The maximum atomic E-state index is 2.78. The highest BCUT2D eigenvalue weighted by atomic mass is 15.3. The van der Waals surface area contributed by atoms with Crippen LogP contribution in [0.15, 0.2) is 0 Å². The summed E-state index contributed by atoms with van der Waals surface area (Å²) in [7, 11) is 0. The minimum absolute atomic E-state index is 0.777. The molecule has 100 valence electrons. The molecule has 0 bridgehead atoms. The lowest BCUT2D eigenvalue weighted by atomic mass is 9.91. The van der Waals surface area contributed by atoms with E-state index in [1.807, 2.05) is 0 Å². The lowest BCUT2D eigenvalue weighted by molar-refractivity contribution is 0.0943. The number of hydrogen-bond acceptors (Lipinski definition) is 2. The Hall–Kier alpha value is -0.0800. The van der Waals surface area contributed by atoms with Crippen LogP contribution in [0.2, 0.25) is 0 Å². The van der Waals surface area contributed by atoms with Gasteiger partial charge in [0.2, 0.25) is 0 Å². The normalized spacial score (nSPS) is 38.5. The largest absolute Gasteiger partial charge is 0.299 e. The maximum Gasteiger partial charge on any atom is 0.0235 e. The third-order valence-electron chi connectivity index (χ3n) is 4.82. The van der Waals surface area contributed by atoms with Crippen LogP contribution in [-0.2, 0) is 0 Å². The quantitative estimate of drug-likeness (QED) is 0.746. The summed E-state index contributed by atoms with van der Waals surface area (Å²) in [5.74, 6) is 1.80. The van der Waals surface area contributed by atoms with E-state index in [1.165, 1.54) is 45.4 Å². The molecule has 0 aromatic carbocycles. The molecule has 2 rings (SSSR count). The molecule has 0 radical (unpaired) electrons. The van der Waals surface area contributed by atoms with Gasteiger partial charge in [-0.25, -0.2) is 0 Å². The van der Waals surface area contributed by atoms with Crippen LogP contribution in [0.25, 0.3) is 0 Å². The first-order chi connectivity index (χ1) is 8.10. The monoisotopic (exact) mass is 238 g/mol. The number of rotatable bonds is 3. The summed E-state index contributed by atoms with van der Waals surface area (Å²) in [6.45, 7) is 14.8. The van der Waals surface area contributed by atoms with Crippen LogP contribution in [0.5, 0.6) is 0 Å². The van der Waals surface area contributed by atoms with Crippen molar-refractivity contribution in [2.75, 3.05) is 26.2 Å². The Bertz CT molecular complexity index is 231. The summed E-state index contributed by atoms with van der Waals surface area (Å²) in [4.78, 5) is 5.47. The highest BCUT2D eigenvalue weighted by Crippen LogP contribution is 2.27. The van der Waals surface area contributed by atoms with E-state index in [2.05, 4.69) is 37.5 Å². The van der Waals surface area contributed by atoms with Gasteiger partial charge >= 0.3 is 0 Å². The summed E-state index contributed by atoms with van der Waals surface area (Å²) in [5, 5.41) is 0. The van der Waals surface area contributed by atoms with Crippen molar-refractivity contribution in [3.05, 3.63) is 0 Å². The molecule has 2 fully saturated rings. The molecular weight excluding hydrogens is 208 g/mol. The van der Waals surface area contributed by atoms with Crippen molar-refractivity contribution in [1.29, 1.82) is 0 Å². The van der Waals surface area contributed by atoms with Crippen LogP contribution in [0, 0.1) is 11.8 Å². The molecule has 2 heterocycles. The first-order valence-corrected chi connectivity index (χ1v) is 7.58. The molecule has 0 spiro atoms. The van der Waals surface area contributed by atoms with E-state index < -0.39 is 0 Å². The molecule has 2 aliphatic heterocycles. The van der Waals surface area contributed by atoms with Crippen molar-refractivity contribution < 1.29 is 0 Å². The van der Waals surface area contributed by atoms with Crippen LogP contribution in [-0.4, -0.2) is 48.1 Å². The second-order valence-corrected chi connectivity index (χ2v) is 6.59. The predicted molar refractivity (Wildman–Crippen MR) is 74.2 cm³/mol. The van der Waals surface area contributed by atoms with Crippen molar-refractivity contribution in [1.82, 2.24) is 9.80 Å². The van der Waals surface area contributed by atoms with Crippen LogP contribution in [0.3, 0.4) is 0 Å². The molecule has 17 heavy (non-hydrogen) atoms. The number of piperidine rings is 1. The molecule has 2 saturated heterocycles. The highest BCUT2D eigenvalue weighted by Gasteiger charge is 2.33. The lowest BCUT2D eigenvalue weighted by Crippen LogP contribution is -2.46. The van der Waals surface area contributed by atoms with Gasteiger partial charge in [-0.3, -0.25) is 9.80 Å². The van der Waals surface area contributed by atoms with Crippen molar-refractivity contribution in [2.45, 2.75) is 59.0 Å². The Kier molecular flexibility index (Phi) is 4.48. The van der Waals surface area contributed by atoms with E-state index in [0.717, 1.165) is 23.9 Å². The molecule has 0 saturated carbocycles. The minimum Gasteiger partial charge on any atom is -0.299 e. The standard InChI is InChI=1S/C15H30N2/c1-5-14(4)16-7-6-15(11-16)17-9-12(2)8-13(3)10-17/h12-15H,5-11H2,1-4H3.